The standard InChI is InChI=1S/C15H22N4O/c1-18(11-12-5-8-20-9-6-12)15-13(10-16)19-7-3-2-4-14(19)17-15/h2-4,7,12H,5-6,8-11,16H2,1H3. The molecule has 3 heterocycles. The summed E-state index contributed by atoms with van der Waals surface area (Å²) in [7, 11) is 2.11. The number of fused-ring (bicyclic) bond motifs is 1. The third kappa shape index (κ3) is 2.51. The number of hydrogen-bond acceptors (Lipinski definition) is 4. The second-order valence-corrected chi connectivity index (χ2v) is 5.45. The Morgan fingerprint density at radius 3 is 2.95 bits per heavy atom. The maximum atomic E-state index is 5.92. The summed E-state index contributed by atoms with van der Waals surface area (Å²) in [6.45, 7) is 3.28. The van der Waals surface area contributed by atoms with E-state index in [0.717, 1.165) is 49.8 Å². The molecule has 5 nitrogen and oxygen atoms in total. The topological polar surface area (TPSA) is 55.8 Å². The second kappa shape index (κ2) is 5.81. The number of nitrogens with two attached hydrogens (primary N) is 1. The number of ether oxygens (including phenoxy) is 1. The molecule has 2 N–H and O–H groups in total. The fourth-order valence-corrected chi connectivity index (χ4v) is 2.93. The Hall–Kier alpha value is -1.59. The molecule has 0 radical (unpaired) electrons. The third-order valence-electron chi connectivity index (χ3n) is 4.04. The van der Waals surface area contributed by atoms with Crippen LogP contribution in [0.4, 0.5) is 5.82 Å². The number of rotatable bonds is 4. The zero-order valence-corrected chi connectivity index (χ0v) is 12.0. The Morgan fingerprint density at radius 1 is 1.40 bits per heavy atom. The minimum atomic E-state index is 0.499. The van der Waals surface area contributed by atoms with Crippen LogP contribution in [0.15, 0.2) is 24.4 Å². The third-order valence-corrected chi connectivity index (χ3v) is 4.04. The average molecular weight is 274 g/mol. The fourth-order valence-electron chi connectivity index (χ4n) is 2.93. The maximum absolute atomic E-state index is 5.92. The smallest absolute Gasteiger partial charge is 0.152 e. The van der Waals surface area contributed by atoms with Gasteiger partial charge in [0.2, 0.25) is 0 Å². The van der Waals surface area contributed by atoms with Crippen LogP contribution in [0.2, 0.25) is 0 Å². The van der Waals surface area contributed by atoms with Crippen molar-refractivity contribution in [1.82, 2.24) is 9.38 Å². The molecule has 0 spiro atoms. The van der Waals surface area contributed by atoms with Gasteiger partial charge >= 0.3 is 0 Å². The van der Waals surface area contributed by atoms with Gasteiger partial charge in [-0.05, 0) is 30.9 Å². The monoisotopic (exact) mass is 274 g/mol. The fraction of sp³-hybridized carbons (Fsp3) is 0.533. The van der Waals surface area contributed by atoms with Gasteiger partial charge in [0.05, 0.1) is 5.69 Å². The van der Waals surface area contributed by atoms with Gasteiger partial charge in [-0.25, -0.2) is 4.98 Å². The highest BCUT2D eigenvalue weighted by atomic mass is 16.5. The van der Waals surface area contributed by atoms with Gasteiger partial charge in [0.1, 0.15) is 5.65 Å². The molecule has 0 atom stereocenters. The van der Waals surface area contributed by atoms with Gasteiger partial charge in [0.25, 0.3) is 0 Å². The maximum Gasteiger partial charge on any atom is 0.152 e. The number of anilines is 1. The van der Waals surface area contributed by atoms with E-state index in [2.05, 4.69) is 16.3 Å². The van der Waals surface area contributed by atoms with Crippen LogP contribution in [0.25, 0.3) is 5.65 Å². The van der Waals surface area contributed by atoms with Crippen molar-refractivity contribution in [3.63, 3.8) is 0 Å². The molecule has 0 bridgehead atoms. The summed E-state index contributed by atoms with van der Waals surface area (Å²) in [6, 6.07) is 6.03. The Kier molecular flexibility index (Phi) is 3.89. The van der Waals surface area contributed by atoms with Gasteiger partial charge in [-0.15, -0.1) is 0 Å². The molecule has 0 aliphatic carbocycles. The van der Waals surface area contributed by atoms with Crippen LogP contribution in [0.1, 0.15) is 18.5 Å². The van der Waals surface area contributed by atoms with Gasteiger partial charge in [-0.1, -0.05) is 6.07 Å². The van der Waals surface area contributed by atoms with Crippen molar-refractivity contribution in [2.75, 3.05) is 31.7 Å². The van der Waals surface area contributed by atoms with Gasteiger partial charge in [0, 0.05) is 39.5 Å². The Bertz CT molecular complexity index is 574. The number of aromatic nitrogens is 2. The van der Waals surface area contributed by atoms with Gasteiger partial charge < -0.3 is 19.8 Å². The molecule has 0 saturated carbocycles. The minimum Gasteiger partial charge on any atom is -0.381 e. The highest BCUT2D eigenvalue weighted by Gasteiger charge is 2.19. The van der Waals surface area contributed by atoms with E-state index in [1.807, 2.05) is 24.4 Å². The normalized spacial score (nSPS) is 16.7. The predicted octanol–water partition coefficient (Wildman–Crippen LogP) is 1.66. The van der Waals surface area contributed by atoms with Crippen molar-refractivity contribution < 1.29 is 4.74 Å². The van der Waals surface area contributed by atoms with E-state index in [0.29, 0.717) is 12.5 Å². The Morgan fingerprint density at radius 2 is 2.20 bits per heavy atom. The van der Waals surface area contributed by atoms with E-state index in [1.165, 1.54) is 0 Å². The zero-order chi connectivity index (χ0) is 13.9. The SMILES string of the molecule is CN(CC1CCOCC1)c1nc2ccccn2c1CN. The molecule has 0 unspecified atom stereocenters. The zero-order valence-electron chi connectivity index (χ0n) is 12.0. The lowest BCUT2D eigenvalue weighted by atomic mass is 10.00. The molecule has 5 heteroatoms. The van der Waals surface area contributed by atoms with Gasteiger partial charge in [-0.2, -0.15) is 0 Å². The summed E-state index contributed by atoms with van der Waals surface area (Å²) >= 11 is 0. The molecule has 1 aliphatic rings. The summed E-state index contributed by atoms with van der Waals surface area (Å²) in [5.41, 5.74) is 7.96. The van der Waals surface area contributed by atoms with E-state index < -0.39 is 0 Å². The summed E-state index contributed by atoms with van der Waals surface area (Å²) in [4.78, 5) is 6.97. The number of imidazole rings is 1. The molecule has 0 aromatic carbocycles. The summed E-state index contributed by atoms with van der Waals surface area (Å²) in [6.07, 6.45) is 4.29. The van der Waals surface area contributed by atoms with E-state index in [1.54, 1.807) is 0 Å². The molecule has 2 aromatic rings. The Labute approximate surface area is 119 Å². The van der Waals surface area contributed by atoms with E-state index in [4.69, 9.17) is 15.5 Å². The summed E-state index contributed by atoms with van der Waals surface area (Å²) in [5, 5.41) is 0. The van der Waals surface area contributed by atoms with Crippen LogP contribution in [0.3, 0.4) is 0 Å². The number of pyridine rings is 1. The molecule has 1 saturated heterocycles. The molecule has 108 valence electrons. The molecule has 0 amide bonds. The van der Waals surface area contributed by atoms with E-state index in [9.17, 15) is 0 Å². The van der Waals surface area contributed by atoms with Gasteiger partial charge in [-0.3, -0.25) is 0 Å². The molecule has 1 aliphatic heterocycles. The number of hydrogen-bond donors (Lipinski definition) is 1. The van der Waals surface area contributed by atoms with Crippen LogP contribution >= 0.6 is 0 Å². The summed E-state index contributed by atoms with van der Waals surface area (Å²) < 4.78 is 7.50. The van der Waals surface area contributed by atoms with Crippen molar-refractivity contribution in [1.29, 1.82) is 0 Å². The molecular weight excluding hydrogens is 252 g/mol. The summed E-state index contributed by atoms with van der Waals surface area (Å²) in [5.74, 6) is 1.69. The van der Waals surface area contributed by atoms with Crippen LogP contribution in [-0.4, -0.2) is 36.2 Å². The Balaban J connectivity index is 1.84. The first kappa shape index (κ1) is 13.4. The largest absolute Gasteiger partial charge is 0.381 e. The predicted molar refractivity (Wildman–Crippen MR) is 79.9 cm³/mol. The van der Waals surface area contributed by atoms with Crippen molar-refractivity contribution in [2.24, 2.45) is 11.7 Å². The van der Waals surface area contributed by atoms with Crippen molar-refractivity contribution >= 4 is 11.5 Å². The lowest BCUT2D eigenvalue weighted by Gasteiger charge is -2.27. The van der Waals surface area contributed by atoms with E-state index >= 15 is 0 Å². The van der Waals surface area contributed by atoms with Crippen LogP contribution in [-0.2, 0) is 11.3 Å². The average Bonchev–Trinajstić information content (AvgIpc) is 2.87. The molecular formula is C15H22N4O. The molecule has 1 fully saturated rings. The number of nitrogens with zero attached hydrogens (tertiary/aromatic N) is 3. The van der Waals surface area contributed by atoms with E-state index in [-0.39, 0.29) is 0 Å². The molecule has 2 aromatic heterocycles. The lowest BCUT2D eigenvalue weighted by molar-refractivity contribution is 0.0685. The van der Waals surface area contributed by atoms with Crippen molar-refractivity contribution in [3.8, 4) is 0 Å². The first-order valence-corrected chi connectivity index (χ1v) is 7.24. The van der Waals surface area contributed by atoms with Crippen molar-refractivity contribution in [2.45, 2.75) is 19.4 Å². The second-order valence-electron chi connectivity index (χ2n) is 5.45. The molecule has 20 heavy (non-hydrogen) atoms. The minimum absolute atomic E-state index is 0.499. The molecule has 3 rings (SSSR count). The van der Waals surface area contributed by atoms with Gasteiger partial charge in [0.15, 0.2) is 5.82 Å². The van der Waals surface area contributed by atoms with Crippen LogP contribution < -0.4 is 10.6 Å². The van der Waals surface area contributed by atoms with Crippen LogP contribution in [0.5, 0.6) is 0 Å². The first-order valence-electron chi connectivity index (χ1n) is 7.24. The highest BCUT2D eigenvalue weighted by molar-refractivity contribution is 5.55. The van der Waals surface area contributed by atoms with Crippen molar-refractivity contribution in [3.05, 3.63) is 30.1 Å². The van der Waals surface area contributed by atoms with Crippen LogP contribution in [0, 0.1) is 5.92 Å². The lowest BCUT2D eigenvalue weighted by Crippen LogP contribution is -2.30. The first-order chi connectivity index (χ1) is 9.79. The highest BCUT2D eigenvalue weighted by Crippen LogP contribution is 2.23. The quantitative estimate of drug-likeness (QED) is 0.921.